The van der Waals surface area contributed by atoms with Crippen molar-refractivity contribution in [3.8, 4) is 17.6 Å². The number of amides is 1. The molecule has 1 amide bonds. The van der Waals surface area contributed by atoms with Gasteiger partial charge in [0.1, 0.15) is 11.5 Å². The maximum atomic E-state index is 12.6. The number of nitrogens with zero attached hydrogens (tertiary/aromatic N) is 1. The van der Waals surface area contributed by atoms with Crippen LogP contribution in [0.5, 0.6) is 11.5 Å². The average molecular weight is 470 g/mol. The molecule has 0 saturated carbocycles. The summed E-state index contributed by atoms with van der Waals surface area (Å²) in [6.07, 6.45) is 0. The van der Waals surface area contributed by atoms with E-state index in [1.807, 2.05) is 12.1 Å². The Labute approximate surface area is 181 Å². The summed E-state index contributed by atoms with van der Waals surface area (Å²) in [6.45, 7) is 0. The number of nitriles is 1. The lowest BCUT2D eigenvalue weighted by molar-refractivity contribution is -0.117. The summed E-state index contributed by atoms with van der Waals surface area (Å²) < 4.78 is 6.64. The highest BCUT2D eigenvalue weighted by molar-refractivity contribution is 9.10. The standard InChI is InChI=1S/C22H14BrClN2O3/c23-15-3-11-19(12-4-15)29-18-9-1-14(2-10-18)21(27)20(13-25)22(28)26-17-7-5-16(24)6-8-17/h1-12,20H,(H,26,28). The van der Waals surface area contributed by atoms with Gasteiger partial charge in [-0.05, 0) is 72.8 Å². The van der Waals surface area contributed by atoms with Crippen LogP contribution < -0.4 is 10.1 Å². The highest BCUT2D eigenvalue weighted by Crippen LogP contribution is 2.24. The molecule has 0 aliphatic rings. The van der Waals surface area contributed by atoms with Crippen LogP contribution in [0.25, 0.3) is 0 Å². The van der Waals surface area contributed by atoms with Gasteiger partial charge in [0.05, 0.1) is 6.07 Å². The molecule has 0 aromatic heterocycles. The highest BCUT2D eigenvalue weighted by Gasteiger charge is 2.27. The van der Waals surface area contributed by atoms with Crippen molar-refractivity contribution < 1.29 is 14.3 Å². The number of nitrogens with one attached hydrogen (secondary N) is 1. The van der Waals surface area contributed by atoms with Crippen molar-refractivity contribution in [3.05, 3.63) is 87.9 Å². The maximum Gasteiger partial charge on any atom is 0.249 e. The van der Waals surface area contributed by atoms with Crippen LogP contribution >= 0.6 is 27.5 Å². The van der Waals surface area contributed by atoms with E-state index in [0.717, 1.165) is 4.47 Å². The first-order valence-corrected chi connectivity index (χ1v) is 9.67. The van der Waals surface area contributed by atoms with E-state index >= 15 is 0 Å². The Hall–Kier alpha value is -3.14. The van der Waals surface area contributed by atoms with E-state index in [2.05, 4.69) is 21.2 Å². The van der Waals surface area contributed by atoms with Crippen LogP contribution in [0.1, 0.15) is 10.4 Å². The quantitative estimate of drug-likeness (QED) is 0.362. The normalized spacial score (nSPS) is 11.2. The molecule has 0 aliphatic carbocycles. The molecule has 0 saturated heterocycles. The molecule has 1 unspecified atom stereocenters. The number of ether oxygens (including phenoxy) is 1. The summed E-state index contributed by atoms with van der Waals surface area (Å²) in [4.78, 5) is 25.0. The van der Waals surface area contributed by atoms with Gasteiger partial charge < -0.3 is 10.1 Å². The number of hydrogen-bond acceptors (Lipinski definition) is 4. The van der Waals surface area contributed by atoms with Crippen LogP contribution in [0.4, 0.5) is 5.69 Å². The Bertz CT molecular complexity index is 1060. The van der Waals surface area contributed by atoms with Gasteiger partial charge >= 0.3 is 0 Å². The first kappa shape index (κ1) is 20.6. The van der Waals surface area contributed by atoms with Gasteiger partial charge in [-0.15, -0.1) is 0 Å². The van der Waals surface area contributed by atoms with Crippen molar-refractivity contribution in [2.75, 3.05) is 5.32 Å². The lowest BCUT2D eigenvalue weighted by Gasteiger charge is -2.11. The zero-order valence-electron chi connectivity index (χ0n) is 14.9. The third kappa shape index (κ3) is 5.44. The number of Topliss-reactive ketones (excluding diaryl/α,β-unsaturated/α-hetero) is 1. The Morgan fingerprint density at radius 1 is 0.931 bits per heavy atom. The largest absolute Gasteiger partial charge is 0.457 e. The summed E-state index contributed by atoms with van der Waals surface area (Å²) in [5.41, 5.74) is 0.691. The monoisotopic (exact) mass is 468 g/mol. The van der Waals surface area contributed by atoms with Crippen LogP contribution in [-0.2, 0) is 4.79 Å². The van der Waals surface area contributed by atoms with E-state index in [0.29, 0.717) is 22.2 Å². The minimum Gasteiger partial charge on any atom is -0.457 e. The average Bonchev–Trinajstić information content (AvgIpc) is 2.72. The molecule has 0 bridgehead atoms. The number of benzene rings is 3. The molecule has 1 atom stereocenters. The van der Waals surface area contributed by atoms with Crippen LogP contribution in [0.3, 0.4) is 0 Å². The van der Waals surface area contributed by atoms with Gasteiger partial charge in [-0.1, -0.05) is 27.5 Å². The lowest BCUT2D eigenvalue weighted by atomic mass is 9.98. The summed E-state index contributed by atoms with van der Waals surface area (Å²) in [7, 11) is 0. The van der Waals surface area contributed by atoms with Crippen LogP contribution in [0.2, 0.25) is 5.02 Å². The second kappa shape index (κ2) is 9.37. The van der Waals surface area contributed by atoms with E-state index in [9.17, 15) is 14.9 Å². The summed E-state index contributed by atoms with van der Waals surface area (Å²) in [5, 5.41) is 12.4. The molecule has 29 heavy (non-hydrogen) atoms. The second-order valence-corrected chi connectivity index (χ2v) is 7.35. The molecule has 1 N–H and O–H groups in total. The SMILES string of the molecule is N#CC(C(=O)Nc1ccc(Cl)cc1)C(=O)c1ccc(Oc2ccc(Br)cc2)cc1. The van der Waals surface area contributed by atoms with Crippen LogP contribution in [0, 0.1) is 17.2 Å². The zero-order valence-corrected chi connectivity index (χ0v) is 17.3. The van der Waals surface area contributed by atoms with E-state index in [1.54, 1.807) is 54.6 Å². The molecule has 0 fully saturated rings. The van der Waals surface area contributed by atoms with E-state index in [4.69, 9.17) is 16.3 Å². The first-order valence-electron chi connectivity index (χ1n) is 8.50. The van der Waals surface area contributed by atoms with E-state index < -0.39 is 17.6 Å². The second-order valence-electron chi connectivity index (χ2n) is 6.00. The van der Waals surface area contributed by atoms with Gasteiger partial charge in [-0.25, -0.2) is 0 Å². The zero-order chi connectivity index (χ0) is 20.8. The number of rotatable bonds is 6. The molecule has 0 heterocycles. The fourth-order valence-electron chi connectivity index (χ4n) is 2.48. The molecule has 3 aromatic carbocycles. The smallest absolute Gasteiger partial charge is 0.249 e. The Balaban J connectivity index is 1.68. The van der Waals surface area contributed by atoms with Gasteiger partial charge in [-0.3, -0.25) is 9.59 Å². The maximum absolute atomic E-state index is 12.6. The van der Waals surface area contributed by atoms with Gasteiger partial charge in [0.2, 0.25) is 5.91 Å². The molecule has 7 heteroatoms. The Morgan fingerprint density at radius 3 is 2.03 bits per heavy atom. The first-order chi connectivity index (χ1) is 14.0. The van der Waals surface area contributed by atoms with Crippen molar-refractivity contribution in [2.45, 2.75) is 0 Å². The van der Waals surface area contributed by atoms with Gasteiger partial charge in [0.15, 0.2) is 11.7 Å². The molecule has 0 radical (unpaired) electrons. The van der Waals surface area contributed by atoms with Crippen molar-refractivity contribution in [3.63, 3.8) is 0 Å². The van der Waals surface area contributed by atoms with E-state index in [-0.39, 0.29) is 5.56 Å². The molecule has 0 aliphatic heterocycles. The molecule has 5 nitrogen and oxygen atoms in total. The Morgan fingerprint density at radius 2 is 1.48 bits per heavy atom. The number of hydrogen-bond donors (Lipinski definition) is 1. The fourth-order valence-corrected chi connectivity index (χ4v) is 2.87. The van der Waals surface area contributed by atoms with Crippen LogP contribution in [-0.4, -0.2) is 11.7 Å². The third-order valence-corrected chi connectivity index (χ3v) is 4.73. The van der Waals surface area contributed by atoms with Crippen molar-refractivity contribution in [1.82, 2.24) is 0 Å². The topological polar surface area (TPSA) is 79.2 Å². The fraction of sp³-hybridized carbons (Fsp3) is 0.0455. The number of carbonyl (C=O) groups is 2. The summed E-state index contributed by atoms with van der Waals surface area (Å²) in [6, 6.07) is 21.7. The minimum atomic E-state index is -1.47. The van der Waals surface area contributed by atoms with E-state index in [1.165, 1.54) is 12.1 Å². The predicted molar refractivity (Wildman–Crippen MR) is 114 cm³/mol. The molecule has 3 rings (SSSR count). The molecular formula is C22H14BrClN2O3. The van der Waals surface area contributed by atoms with Crippen molar-refractivity contribution in [1.29, 1.82) is 5.26 Å². The number of carbonyl (C=O) groups excluding carboxylic acids is 2. The summed E-state index contributed by atoms with van der Waals surface area (Å²) in [5.74, 6) is -1.58. The van der Waals surface area contributed by atoms with Gasteiger partial charge in [0, 0.05) is 20.7 Å². The summed E-state index contributed by atoms with van der Waals surface area (Å²) >= 11 is 9.16. The minimum absolute atomic E-state index is 0.242. The molecule has 0 spiro atoms. The third-order valence-electron chi connectivity index (χ3n) is 3.95. The molecule has 144 valence electrons. The number of ketones is 1. The number of halogens is 2. The predicted octanol–water partition coefficient (Wildman–Crippen LogP) is 5.86. The van der Waals surface area contributed by atoms with Gasteiger partial charge in [-0.2, -0.15) is 5.26 Å². The highest BCUT2D eigenvalue weighted by atomic mass is 79.9. The molecular weight excluding hydrogens is 456 g/mol. The molecule has 3 aromatic rings. The van der Waals surface area contributed by atoms with Crippen molar-refractivity contribution >= 4 is 44.9 Å². The van der Waals surface area contributed by atoms with Crippen molar-refractivity contribution in [2.24, 2.45) is 5.92 Å². The van der Waals surface area contributed by atoms with Gasteiger partial charge in [0.25, 0.3) is 0 Å². The number of anilines is 1. The Kier molecular flexibility index (Phi) is 6.65. The van der Waals surface area contributed by atoms with Crippen LogP contribution in [0.15, 0.2) is 77.3 Å². The lowest BCUT2D eigenvalue weighted by Crippen LogP contribution is -2.28.